The van der Waals surface area contributed by atoms with Crippen LogP contribution in [-0.4, -0.2) is 16.1 Å². The Kier molecular flexibility index (Phi) is 4.01. The molecule has 2 rings (SSSR count). The lowest BCUT2D eigenvalue weighted by molar-refractivity contribution is 0.0691. The molecule has 0 spiro atoms. The Morgan fingerprint density at radius 2 is 2.11 bits per heavy atom. The molecular weight excluding hydrogens is 338 g/mol. The van der Waals surface area contributed by atoms with E-state index in [1.807, 2.05) is 0 Å². The first-order valence-corrected chi connectivity index (χ1v) is 6.26. The van der Waals surface area contributed by atoms with Crippen molar-refractivity contribution in [3.8, 4) is 0 Å². The smallest absolute Gasteiger partial charge is 0.356 e. The van der Waals surface area contributed by atoms with Crippen LogP contribution in [0.15, 0.2) is 34.8 Å². The second kappa shape index (κ2) is 5.54. The maximum atomic E-state index is 13.5. The van der Waals surface area contributed by atoms with Gasteiger partial charge in [0.05, 0.1) is 10.7 Å². The van der Waals surface area contributed by atoms with Gasteiger partial charge in [-0.15, -0.1) is 0 Å². The highest BCUT2D eigenvalue weighted by atomic mass is 79.9. The molecule has 1 aromatic heterocycles. The normalized spacial score (nSPS) is 10.3. The fourth-order valence-corrected chi connectivity index (χ4v) is 1.94. The number of carboxylic acid groups (broad SMARTS) is 1. The topological polar surface area (TPSA) is 62.2 Å². The zero-order valence-electron chi connectivity index (χ0n) is 9.32. The summed E-state index contributed by atoms with van der Waals surface area (Å²) in [4.78, 5) is 14.7. The molecule has 19 heavy (non-hydrogen) atoms. The van der Waals surface area contributed by atoms with Gasteiger partial charge in [0, 0.05) is 4.47 Å². The maximum Gasteiger partial charge on any atom is 0.356 e. The number of nitrogens with zero attached hydrogens (tertiary/aromatic N) is 1. The molecule has 0 amide bonds. The summed E-state index contributed by atoms with van der Waals surface area (Å²) < 4.78 is 14.2. The molecule has 0 saturated carbocycles. The van der Waals surface area contributed by atoms with E-state index < -0.39 is 11.8 Å². The molecule has 0 aliphatic rings. The third kappa shape index (κ3) is 3.21. The number of aromatic nitrogens is 1. The molecule has 1 heterocycles. The van der Waals surface area contributed by atoms with E-state index in [0.29, 0.717) is 4.47 Å². The van der Waals surface area contributed by atoms with Crippen LogP contribution in [0.4, 0.5) is 15.9 Å². The summed E-state index contributed by atoms with van der Waals surface area (Å²) in [7, 11) is 0. The Hall–Kier alpha value is -1.66. The van der Waals surface area contributed by atoms with Crippen LogP contribution in [0.2, 0.25) is 5.02 Å². The van der Waals surface area contributed by atoms with Gasteiger partial charge < -0.3 is 10.4 Å². The van der Waals surface area contributed by atoms with Crippen molar-refractivity contribution in [1.82, 2.24) is 4.98 Å². The van der Waals surface area contributed by atoms with Crippen LogP contribution in [0.3, 0.4) is 0 Å². The van der Waals surface area contributed by atoms with Gasteiger partial charge in [0.25, 0.3) is 0 Å². The summed E-state index contributed by atoms with van der Waals surface area (Å²) in [6.45, 7) is 0. The summed E-state index contributed by atoms with van der Waals surface area (Å²) in [6.07, 6.45) is 0. The lowest BCUT2D eigenvalue weighted by Gasteiger charge is -2.08. The van der Waals surface area contributed by atoms with Crippen LogP contribution in [0.5, 0.6) is 0 Å². The monoisotopic (exact) mass is 344 g/mol. The largest absolute Gasteiger partial charge is 0.476 e. The predicted molar refractivity (Wildman–Crippen MR) is 73.6 cm³/mol. The number of nitrogens with one attached hydrogen (secondary N) is 1. The van der Waals surface area contributed by atoms with Crippen LogP contribution in [0, 0.1) is 5.82 Å². The first-order chi connectivity index (χ1) is 8.97. The van der Waals surface area contributed by atoms with Crippen LogP contribution in [0.25, 0.3) is 0 Å². The third-order valence-corrected chi connectivity index (χ3v) is 3.04. The summed E-state index contributed by atoms with van der Waals surface area (Å²) in [6, 6.07) is 7.20. The maximum absolute atomic E-state index is 13.5. The van der Waals surface area contributed by atoms with E-state index >= 15 is 0 Å². The Morgan fingerprint density at radius 3 is 2.79 bits per heavy atom. The molecule has 0 atom stereocenters. The Balaban J connectivity index is 2.36. The molecule has 2 aromatic rings. The lowest BCUT2D eigenvalue weighted by Crippen LogP contribution is -2.04. The molecule has 7 heteroatoms. The number of pyridine rings is 1. The van der Waals surface area contributed by atoms with Crippen molar-refractivity contribution in [2.75, 3.05) is 5.32 Å². The summed E-state index contributed by atoms with van der Waals surface area (Å²) in [5, 5.41) is 11.6. The second-order valence-corrected chi connectivity index (χ2v) is 4.90. The highest BCUT2D eigenvalue weighted by Crippen LogP contribution is 2.24. The minimum absolute atomic E-state index is 0.0211. The van der Waals surface area contributed by atoms with E-state index in [1.54, 1.807) is 6.07 Å². The van der Waals surface area contributed by atoms with Gasteiger partial charge in [-0.25, -0.2) is 14.2 Å². The standard InChI is InChI=1S/C12H7BrClFN2O2/c13-6-1-3-8(15)9(5-6)16-10-4-2-7(14)11(17-10)12(18)19/h1-5H,(H,16,17)(H,18,19). The zero-order chi connectivity index (χ0) is 14.0. The minimum Gasteiger partial charge on any atom is -0.476 e. The average molecular weight is 346 g/mol. The van der Waals surface area contributed by atoms with Gasteiger partial charge in [0.15, 0.2) is 5.69 Å². The van der Waals surface area contributed by atoms with Gasteiger partial charge in [-0.1, -0.05) is 27.5 Å². The zero-order valence-corrected chi connectivity index (χ0v) is 11.7. The van der Waals surface area contributed by atoms with Crippen molar-refractivity contribution >= 4 is 45.0 Å². The molecule has 1 aromatic carbocycles. The molecule has 0 unspecified atom stereocenters. The van der Waals surface area contributed by atoms with Gasteiger partial charge >= 0.3 is 5.97 Å². The van der Waals surface area contributed by atoms with Crippen molar-refractivity contribution in [2.24, 2.45) is 0 Å². The SMILES string of the molecule is O=C(O)c1nc(Nc2cc(Br)ccc2F)ccc1Cl. The number of anilines is 2. The predicted octanol–water partition coefficient (Wildman–Crippen LogP) is 4.08. The molecule has 0 aliphatic carbocycles. The summed E-state index contributed by atoms with van der Waals surface area (Å²) >= 11 is 8.91. The second-order valence-electron chi connectivity index (χ2n) is 3.58. The van der Waals surface area contributed by atoms with Crippen molar-refractivity contribution in [2.45, 2.75) is 0 Å². The van der Waals surface area contributed by atoms with Crippen LogP contribution >= 0.6 is 27.5 Å². The van der Waals surface area contributed by atoms with Gasteiger partial charge in [0.1, 0.15) is 11.6 Å². The first-order valence-electron chi connectivity index (χ1n) is 5.09. The van der Waals surface area contributed by atoms with E-state index in [2.05, 4.69) is 26.2 Å². The summed E-state index contributed by atoms with van der Waals surface area (Å²) in [5.74, 6) is -1.53. The Morgan fingerprint density at radius 1 is 1.37 bits per heavy atom. The van der Waals surface area contributed by atoms with Crippen LogP contribution in [0.1, 0.15) is 10.5 Å². The Labute approximate surface area is 121 Å². The molecular formula is C12H7BrClFN2O2. The van der Waals surface area contributed by atoms with E-state index in [4.69, 9.17) is 16.7 Å². The van der Waals surface area contributed by atoms with Crippen molar-refractivity contribution < 1.29 is 14.3 Å². The highest BCUT2D eigenvalue weighted by molar-refractivity contribution is 9.10. The molecule has 0 fully saturated rings. The number of hydrogen-bond acceptors (Lipinski definition) is 3. The highest BCUT2D eigenvalue weighted by Gasteiger charge is 2.12. The molecule has 2 N–H and O–H groups in total. The molecule has 0 saturated heterocycles. The van der Waals surface area contributed by atoms with E-state index in [1.165, 1.54) is 24.3 Å². The average Bonchev–Trinajstić information content (AvgIpc) is 2.36. The van der Waals surface area contributed by atoms with Crippen LogP contribution in [-0.2, 0) is 0 Å². The fraction of sp³-hybridized carbons (Fsp3) is 0. The third-order valence-electron chi connectivity index (χ3n) is 2.24. The Bertz CT molecular complexity index is 652. The number of benzene rings is 1. The quantitative estimate of drug-likeness (QED) is 0.880. The molecule has 4 nitrogen and oxygen atoms in total. The van der Waals surface area contributed by atoms with Gasteiger partial charge in [-0.05, 0) is 30.3 Å². The molecule has 0 aliphatic heterocycles. The summed E-state index contributed by atoms with van der Waals surface area (Å²) in [5.41, 5.74) is -0.109. The van der Waals surface area contributed by atoms with Crippen molar-refractivity contribution in [1.29, 1.82) is 0 Å². The van der Waals surface area contributed by atoms with Gasteiger partial charge in [0.2, 0.25) is 0 Å². The fourth-order valence-electron chi connectivity index (χ4n) is 1.39. The molecule has 0 bridgehead atoms. The number of carbonyl (C=O) groups is 1. The van der Waals surface area contributed by atoms with E-state index in [-0.39, 0.29) is 22.2 Å². The number of rotatable bonds is 3. The number of aromatic carboxylic acids is 1. The van der Waals surface area contributed by atoms with Crippen molar-refractivity contribution in [3.63, 3.8) is 0 Å². The van der Waals surface area contributed by atoms with E-state index in [0.717, 1.165) is 0 Å². The van der Waals surface area contributed by atoms with Gasteiger partial charge in [-0.2, -0.15) is 0 Å². The van der Waals surface area contributed by atoms with Crippen molar-refractivity contribution in [3.05, 3.63) is 51.3 Å². The van der Waals surface area contributed by atoms with E-state index in [9.17, 15) is 9.18 Å². The number of carboxylic acids is 1. The number of halogens is 3. The first kappa shape index (κ1) is 13.8. The molecule has 98 valence electrons. The number of hydrogen-bond donors (Lipinski definition) is 2. The lowest BCUT2D eigenvalue weighted by atomic mass is 10.3. The van der Waals surface area contributed by atoms with Crippen LogP contribution < -0.4 is 5.32 Å². The van der Waals surface area contributed by atoms with Gasteiger partial charge in [-0.3, -0.25) is 0 Å². The minimum atomic E-state index is -1.25. The molecule has 0 radical (unpaired) electrons.